The predicted molar refractivity (Wildman–Crippen MR) is 86.4 cm³/mol. The molecule has 0 saturated carbocycles. The molecule has 0 radical (unpaired) electrons. The zero-order chi connectivity index (χ0) is 16.8. The van der Waals surface area contributed by atoms with Crippen LogP contribution in [0.25, 0.3) is 0 Å². The van der Waals surface area contributed by atoms with Crippen molar-refractivity contribution in [1.29, 1.82) is 0 Å². The largest absolute Gasteiger partial charge is 0.481 e. The normalized spacial score (nSPS) is 28.9. The maximum Gasteiger partial charge on any atom is 0.312 e. The van der Waals surface area contributed by atoms with E-state index in [9.17, 15) is 18.3 Å². The first kappa shape index (κ1) is 16.4. The number of likely N-dealkylation sites (tertiary alicyclic amines) is 1. The van der Waals surface area contributed by atoms with Crippen LogP contribution in [-0.4, -0.2) is 61.9 Å². The lowest BCUT2D eigenvalue weighted by Crippen LogP contribution is -2.41. The summed E-state index contributed by atoms with van der Waals surface area (Å²) in [5.41, 5.74) is 0.789. The van der Waals surface area contributed by atoms with Crippen LogP contribution in [-0.2, 0) is 20.6 Å². The molecule has 0 aromatic heterocycles. The average Bonchev–Trinajstić information content (AvgIpc) is 2.92. The molecular weight excluding hydrogens is 316 g/mol. The highest BCUT2D eigenvalue weighted by Gasteiger charge is 2.58. The molecule has 7 heteroatoms. The van der Waals surface area contributed by atoms with E-state index in [1.165, 1.54) is 4.31 Å². The van der Waals surface area contributed by atoms with Crippen LogP contribution in [0.2, 0.25) is 0 Å². The Balaban J connectivity index is 1.82. The van der Waals surface area contributed by atoms with E-state index < -0.39 is 21.4 Å². The van der Waals surface area contributed by atoms with Crippen molar-refractivity contribution in [3.8, 4) is 0 Å². The number of nitrogens with zero attached hydrogens (tertiary/aromatic N) is 2. The number of carboxylic acids is 1. The Hall–Kier alpha value is -1.44. The highest BCUT2D eigenvalue weighted by Crippen LogP contribution is 2.43. The standard InChI is InChI=1S/C16H22N2O4S/c1-12-4-3-5-13(6-12)9-23(21,22)18-8-14-7-17(2)10-16(14,11-18)15(19)20/h3-6,14H,7-11H2,1-2H3,(H,19,20)/t14-,16-/m0/s1. The van der Waals surface area contributed by atoms with Gasteiger partial charge in [-0.2, -0.15) is 0 Å². The molecule has 2 atom stereocenters. The van der Waals surface area contributed by atoms with Gasteiger partial charge in [0.1, 0.15) is 0 Å². The Morgan fingerprint density at radius 1 is 1.35 bits per heavy atom. The Morgan fingerprint density at radius 3 is 2.70 bits per heavy atom. The van der Waals surface area contributed by atoms with Gasteiger partial charge in [0.2, 0.25) is 10.0 Å². The fourth-order valence-electron chi connectivity index (χ4n) is 3.89. The quantitative estimate of drug-likeness (QED) is 0.877. The van der Waals surface area contributed by atoms with Crippen LogP contribution in [0.4, 0.5) is 0 Å². The predicted octanol–water partition coefficient (Wildman–Crippen LogP) is 0.773. The lowest BCUT2D eigenvalue weighted by atomic mass is 9.81. The second-order valence-corrected chi connectivity index (χ2v) is 8.86. The molecule has 0 unspecified atom stereocenters. The van der Waals surface area contributed by atoms with Crippen LogP contribution in [0.1, 0.15) is 11.1 Å². The first-order valence-corrected chi connectivity index (χ1v) is 9.29. The highest BCUT2D eigenvalue weighted by molar-refractivity contribution is 7.88. The van der Waals surface area contributed by atoms with E-state index in [2.05, 4.69) is 0 Å². The van der Waals surface area contributed by atoms with Crippen molar-refractivity contribution in [3.63, 3.8) is 0 Å². The molecule has 3 rings (SSSR count). The Kier molecular flexibility index (Phi) is 3.98. The van der Waals surface area contributed by atoms with Gasteiger partial charge in [0.15, 0.2) is 0 Å². The number of hydrogen-bond donors (Lipinski definition) is 1. The summed E-state index contributed by atoms with van der Waals surface area (Å²) in [6.45, 7) is 3.33. The number of carbonyl (C=O) groups is 1. The molecule has 0 aliphatic carbocycles. The molecule has 1 aromatic carbocycles. The minimum absolute atomic E-state index is 0.0749. The molecule has 2 aliphatic heterocycles. The molecule has 23 heavy (non-hydrogen) atoms. The van der Waals surface area contributed by atoms with Crippen molar-refractivity contribution >= 4 is 16.0 Å². The number of aryl methyl sites for hydroxylation is 1. The zero-order valence-electron chi connectivity index (χ0n) is 13.4. The van der Waals surface area contributed by atoms with Crippen LogP contribution >= 0.6 is 0 Å². The van der Waals surface area contributed by atoms with E-state index >= 15 is 0 Å². The van der Waals surface area contributed by atoms with Gasteiger partial charge in [-0.05, 0) is 19.5 Å². The Labute approximate surface area is 136 Å². The molecule has 2 heterocycles. The summed E-state index contributed by atoms with van der Waals surface area (Å²) >= 11 is 0. The van der Waals surface area contributed by atoms with Gasteiger partial charge < -0.3 is 10.0 Å². The smallest absolute Gasteiger partial charge is 0.312 e. The minimum atomic E-state index is -3.51. The summed E-state index contributed by atoms with van der Waals surface area (Å²) in [4.78, 5) is 13.8. The highest BCUT2D eigenvalue weighted by atomic mass is 32.2. The van der Waals surface area contributed by atoms with E-state index in [1.54, 1.807) is 6.07 Å². The average molecular weight is 338 g/mol. The van der Waals surface area contributed by atoms with Gasteiger partial charge in [0.25, 0.3) is 0 Å². The van der Waals surface area contributed by atoms with Gasteiger partial charge in [-0.15, -0.1) is 0 Å². The van der Waals surface area contributed by atoms with Gasteiger partial charge in [0.05, 0.1) is 11.2 Å². The molecule has 0 amide bonds. The number of sulfonamides is 1. The van der Waals surface area contributed by atoms with Crippen molar-refractivity contribution in [2.24, 2.45) is 11.3 Å². The summed E-state index contributed by atoms with van der Waals surface area (Å²) in [5.74, 6) is -1.11. The van der Waals surface area contributed by atoms with E-state index in [0.717, 1.165) is 11.1 Å². The number of carboxylic acid groups (broad SMARTS) is 1. The third-order valence-electron chi connectivity index (χ3n) is 5.00. The SMILES string of the molecule is Cc1cccc(CS(=O)(=O)N2C[C@@H]3CN(C)C[C@]3(C(=O)O)C2)c1. The summed E-state index contributed by atoms with van der Waals surface area (Å²) in [6.07, 6.45) is 0. The van der Waals surface area contributed by atoms with Crippen LogP contribution in [0.5, 0.6) is 0 Å². The van der Waals surface area contributed by atoms with Gasteiger partial charge in [-0.1, -0.05) is 29.8 Å². The fourth-order valence-corrected chi connectivity index (χ4v) is 5.51. The van der Waals surface area contributed by atoms with E-state index in [1.807, 2.05) is 37.1 Å². The first-order valence-electron chi connectivity index (χ1n) is 7.68. The summed E-state index contributed by atoms with van der Waals surface area (Å²) in [5, 5.41) is 9.65. The zero-order valence-corrected chi connectivity index (χ0v) is 14.2. The third-order valence-corrected chi connectivity index (χ3v) is 6.76. The first-order chi connectivity index (χ1) is 10.7. The number of fused-ring (bicyclic) bond motifs is 1. The second kappa shape index (κ2) is 5.58. The van der Waals surface area contributed by atoms with Crippen molar-refractivity contribution in [1.82, 2.24) is 9.21 Å². The molecule has 126 valence electrons. The van der Waals surface area contributed by atoms with Crippen molar-refractivity contribution in [2.45, 2.75) is 12.7 Å². The lowest BCUT2D eigenvalue weighted by Gasteiger charge is -2.24. The van der Waals surface area contributed by atoms with Crippen molar-refractivity contribution in [3.05, 3.63) is 35.4 Å². The molecule has 2 fully saturated rings. The van der Waals surface area contributed by atoms with Gasteiger partial charge in [-0.25, -0.2) is 12.7 Å². The molecule has 0 spiro atoms. The second-order valence-electron chi connectivity index (χ2n) is 6.89. The van der Waals surface area contributed by atoms with Gasteiger partial charge in [0, 0.05) is 32.1 Å². The molecule has 0 bridgehead atoms. The number of rotatable bonds is 4. The van der Waals surface area contributed by atoms with E-state index in [-0.39, 0.29) is 18.2 Å². The van der Waals surface area contributed by atoms with Gasteiger partial charge in [-0.3, -0.25) is 4.79 Å². The Morgan fingerprint density at radius 2 is 2.09 bits per heavy atom. The third kappa shape index (κ3) is 2.88. The fraction of sp³-hybridized carbons (Fsp3) is 0.562. The molecule has 6 nitrogen and oxygen atoms in total. The van der Waals surface area contributed by atoms with Crippen LogP contribution in [0.3, 0.4) is 0 Å². The number of hydrogen-bond acceptors (Lipinski definition) is 4. The topological polar surface area (TPSA) is 77.9 Å². The van der Waals surface area contributed by atoms with Gasteiger partial charge >= 0.3 is 5.97 Å². The summed E-state index contributed by atoms with van der Waals surface area (Å²) in [7, 11) is -1.63. The van der Waals surface area contributed by atoms with Crippen LogP contribution < -0.4 is 0 Å². The lowest BCUT2D eigenvalue weighted by molar-refractivity contribution is -0.148. The van der Waals surface area contributed by atoms with E-state index in [0.29, 0.717) is 19.6 Å². The van der Waals surface area contributed by atoms with E-state index in [4.69, 9.17) is 0 Å². The maximum atomic E-state index is 12.7. The minimum Gasteiger partial charge on any atom is -0.481 e. The van der Waals surface area contributed by atoms with Crippen LogP contribution in [0.15, 0.2) is 24.3 Å². The molecule has 1 aromatic rings. The summed E-state index contributed by atoms with van der Waals surface area (Å²) in [6, 6.07) is 7.41. The number of aliphatic carboxylic acids is 1. The molecular formula is C16H22N2O4S. The maximum absolute atomic E-state index is 12.7. The molecule has 1 N–H and O–H groups in total. The monoisotopic (exact) mass is 338 g/mol. The van der Waals surface area contributed by atoms with Crippen molar-refractivity contribution in [2.75, 3.05) is 33.2 Å². The van der Waals surface area contributed by atoms with Crippen molar-refractivity contribution < 1.29 is 18.3 Å². The Bertz CT molecular complexity index is 733. The molecule has 2 aliphatic rings. The molecule has 2 saturated heterocycles. The van der Waals surface area contributed by atoms with Crippen LogP contribution in [0, 0.1) is 18.3 Å². The number of benzene rings is 1. The summed E-state index contributed by atoms with van der Waals surface area (Å²) < 4.78 is 26.8.